The third-order valence-corrected chi connectivity index (χ3v) is 3.56. The van der Waals surface area contributed by atoms with Gasteiger partial charge in [-0.2, -0.15) is 5.26 Å². The Morgan fingerprint density at radius 3 is 2.53 bits per heavy atom. The van der Waals surface area contributed by atoms with Gasteiger partial charge in [-0.15, -0.1) is 0 Å². The van der Waals surface area contributed by atoms with Crippen molar-refractivity contribution in [3.8, 4) is 6.07 Å². The van der Waals surface area contributed by atoms with Crippen molar-refractivity contribution in [2.75, 3.05) is 0 Å². The monoisotopic (exact) mass is 259 g/mol. The lowest BCUT2D eigenvalue weighted by molar-refractivity contribution is 0.0110. The summed E-state index contributed by atoms with van der Waals surface area (Å²) < 4.78 is 18.6. The standard InChI is InChI=1S/C16H18FNO/c17-15-7-3-14(4-8-15)12-19-16-9-5-13(6-10-16)2-1-11-18/h1-4,7-8,13,16H,5-6,9-10,12H2. The topological polar surface area (TPSA) is 33.0 Å². The van der Waals surface area contributed by atoms with E-state index in [9.17, 15) is 4.39 Å². The summed E-state index contributed by atoms with van der Waals surface area (Å²) in [5, 5.41) is 8.49. The molecule has 0 N–H and O–H groups in total. The van der Waals surface area contributed by atoms with Gasteiger partial charge in [0.1, 0.15) is 5.82 Å². The summed E-state index contributed by atoms with van der Waals surface area (Å²) in [6, 6.07) is 8.48. The molecule has 1 aliphatic rings. The molecule has 100 valence electrons. The number of hydrogen-bond acceptors (Lipinski definition) is 2. The Balaban J connectivity index is 1.73. The molecule has 2 rings (SSSR count). The lowest BCUT2D eigenvalue weighted by Crippen LogP contribution is -2.20. The highest BCUT2D eigenvalue weighted by molar-refractivity contribution is 5.15. The number of ether oxygens (including phenoxy) is 1. The van der Waals surface area contributed by atoms with Crippen molar-refractivity contribution in [2.24, 2.45) is 5.92 Å². The predicted octanol–water partition coefficient (Wildman–Crippen LogP) is 3.98. The van der Waals surface area contributed by atoms with Gasteiger partial charge in [-0.25, -0.2) is 4.39 Å². The molecule has 0 aromatic heterocycles. The van der Waals surface area contributed by atoms with Crippen LogP contribution in [0.1, 0.15) is 31.2 Å². The first-order valence-corrected chi connectivity index (χ1v) is 6.70. The zero-order valence-electron chi connectivity index (χ0n) is 10.9. The molecule has 1 fully saturated rings. The largest absolute Gasteiger partial charge is 0.374 e. The number of rotatable bonds is 4. The molecule has 0 atom stereocenters. The average molecular weight is 259 g/mol. The van der Waals surface area contributed by atoms with Crippen LogP contribution in [0.3, 0.4) is 0 Å². The normalized spacial score (nSPS) is 23.4. The van der Waals surface area contributed by atoms with Crippen molar-refractivity contribution >= 4 is 0 Å². The summed E-state index contributed by atoms with van der Waals surface area (Å²) >= 11 is 0. The van der Waals surface area contributed by atoms with Gasteiger partial charge in [0.25, 0.3) is 0 Å². The van der Waals surface area contributed by atoms with E-state index >= 15 is 0 Å². The van der Waals surface area contributed by atoms with Gasteiger partial charge in [0, 0.05) is 6.08 Å². The van der Waals surface area contributed by atoms with Crippen LogP contribution in [0.4, 0.5) is 4.39 Å². The van der Waals surface area contributed by atoms with E-state index in [4.69, 9.17) is 10.00 Å². The number of allylic oxidation sites excluding steroid dienone is 2. The second kappa shape index (κ2) is 7.06. The summed E-state index contributed by atoms with van der Waals surface area (Å²) in [6.45, 7) is 0.545. The molecule has 0 saturated heterocycles. The fourth-order valence-electron chi connectivity index (χ4n) is 2.42. The Morgan fingerprint density at radius 2 is 1.89 bits per heavy atom. The Hall–Kier alpha value is -1.66. The molecule has 0 aliphatic heterocycles. The highest BCUT2D eigenvalue weighted by atomic mass is 19.1. The number of nitrogens with zero attached hydrogens (tertiary/aromatic N) is 1. The molecule has 0 heterocycles. The van der Waals surface area contributed by atoms with E-state index in [0.717, 1.165) is 31.2 Å². The minimum atomic E-state index is -0.214. The maximum atomic E-state index is 12.8. The van der Waals surface area contributed by atoms with Crippen molar-refractivity contribution in [1.29, 1.82) is 5.26 Å². The molecule has 3 heteroatoms. The van der Waals surface area contributed by atoms with E-state index in [2.05, 4.69) is 0 Å². The molecular weight excluding hydrogens is 241 g/mol. The highest BCUT2D eigenvalue weighted by Crippen LogP contribution is 2.27. The number of nitriles is 1. The molecule has 1 aromatic carbocycles. The number of benzene rings is 1. The number of hydrogen-bond donors (Lipinski definition) is 0. The van der Waals surface area contributed by atoms with Crippen LogP contribution in [0.2, 0.25) is 0 Å². The SMILES string of the molecule is N#CC=CC1CCC(OCc2ccc(F)cc2)CC1. The highest BCUT2D eigenvalue weighted by Gasteiger charge is 2.19. The first-order valence-electron chi connectivity index (χ1n) is 6.70. The van der Waals surface area contributed by atoms with Crippen LogP contribution in [0.5, 0.6) is 0 Å². The van der Waals surface area contributed by atoms with Gasteiger partial charge in [-0.1, -0.05) is 18.2 Å². The number of halogens is 1. The van der Waals surface area contributed by atoms with Crippen molar-refractivity contribution in [3.63, 3.8) is 0 Å². The van der Waals surface area contributed by atoms with Crippen LogP contribution in [-0.2, 0) is 11.3 Å². The lowest BCUT2D eigenvalue weighted by atomic mass is 9.87. The summed E-state index contributed by atoms with van der Waals surface area (Å²) in [7, 11) is 0. The van der Waals surface area contributed by atoms with Crippen LogP contribution < -0.4 is 0 Å². The minimum Gasteiger partial charge on any atom is -0.374 e. The molecule has 2 nitrogen and oxygen atoms in total. The summed E-state index contributed by atoms with van der Waals surface area (Å²) in [5.74, 6) is 0.304. The first kappa shape index (κ1) is 13.8. The molecule has 0 bridgehead atoms. The van der Waals surface area contributed by atoms with E-state index in [1.807, 2.05) is 12.1 Å². The molecule has 0 radical (unpaired) electrons. The molecule has 19 heavy (non-hydrogen) atoms. The van der Waals surface area contributed by atoms with Crippen LogP contribution in [0.25, 0.3) is 0 Å². The minimum absolute atomic E-state index is 0.214. The Morgan fingerprint density at radius 1 is 1.21 bits per heavy atom. The zero-order valence-corrected chi connectivity index (χ0v) is 10.9. The zero-order chi connectivity index (χ0) is 13.5. The van der Waals surface area contributed by atoms with Crippen molar-refractivity contribution in [1.82, 2.24) is 0 Å². The van der Waals surface area contributed by atoms with Gasteiger partial charge >= 0.3 is 0 Å². The van der Waals surface area contributed by atoms with Gasteiger partial charge in [0.05, 0.1) is 18.8 Å². The Kier molecular flexibility index (Phi) is 5.11. The Labute approximate surface area is 113 Å². The van der Waals surface area contributed by atoms with Crippen LogP contribution >= 0.6 is 0 Å². The van der Waals surface area contributed by atoms with E-state index in [1.54, 1.807) is 18.2 Å². The van der Waals surface area contributed by atoms with Crippen molar-refractivity contribution < 1.29 is 9.13 Å². The maximum absolute atomic E-state index is 12.8. The second-order valence-corrected chi connectivity index (χ2v) is 4.96. The molecule has 1 saturated carbocycles. The van der Waals surface area contributed by atoms with Gasteiger partial charge in [0.15, 0.2) is 0 Å². The van der Waals surface area contributed by atoms with Gasteiger partial charge in [0.2, 0.25) is 0 Å². The molecule has 0 amide bonds. The van der Waals surface area contributed by atoms with Gasteiger partial charge < -0.3 is 4.74 Å². The molecular formula is C16H18FNO. The molecule has 1 aromatic rings. The lowest BCUT2D eigenvalue weighted by Gasteiger charge is -2.26. The third-order valence-electron chi connectivity index (χ3n) is 3.56. The average Bonchev–Trinajstić information content (AvgIpc) is 2.46. The second-order valence-electron chi connectivity index (χ2n) is 4.96. The fourth-order valence-corrected chi connectivity index (χ4v) is 2.42. The van der Waals surface area contributed by atoms with Crippen LogP contribution in [0, 0.1) is 23.1 Å². The van der Waals surface area contributed by atoms with E-state index < -0.39 is 0 Å². The summed E-state index contributed by atoms with van der Waals surface area (Å²) in [5.41, 5.74) is 1.01. The molecule has 1 aliphatic carbocycles. The van der Waals surface area contributed by atoms with Crippen LogP contribution in [-0.4, -0.2) is 6.10 Å². The van der Waals surface area contributed by atoms with Crippen LogP contribution in [0.15, 0.2) is 36.4 Å². The quantitative estimate of drug-likeness (QED) is 0.766. The predicted molar refractivity (Wildman–Crippen MR) is 71.7 cm³/mol. The van der Waals surface area contributed by atoms with Crippen molar-refractivity contribution in [2.45, 2.75) is 38.4 Å². The smallest absolute Gasteiger partial charge is 0.123 e. The maximum Gasteiger partial charge on any atom is 0.123 e. The summed E-state index contributed by atoms with van der Waals surface area (Å²) in [4.78, 5) is 0. The van der Waals surface area contributed by atoms with Crippen molar-refractivity contribution in [3.05, 3.63) is 47.8 Å². The van der Waals surface area contributed by atoms with E-state index in [-0.39, 0.29) is 11.9 Å². The molecule has 0 unspecified atom stereocenters. The third kappa shape index (κ3) is 4.50. The summed E-state index contributed by atoms with van der Waals surface area (Å²) in [6.07, 6.45) is 8.07. The fraction of sp³-hybridized carbons (Fsp3) is 0.438. The Bertz CT molecular complexity index is 453. The van der Waals surface area contributed by atoms with Gasteiger partial charge in [-0.3, -0.25) is 0 Å². The molecule has 0 spiro atoms. The van der Waals surface area contributed by atoms with E-state index in [1.165, 1.54) is 12.1 Å². The van der Waals surface area contributed by atoms with E-state index in [0.29, 0.717) is 12.5 Å². The van der Waals surface area contributed by atoms with Gasteiger partial charge in [-0.05, 0) is 49.3 Å². The first-order chi connectivity index (χ1) is 9.28.